The van der Waals surface area contributed by atoms with Crippen molar-refractivity contribution in [2.24, 2.45) is 0 Å². The van der Waals surface area contributed by atoms with Crippen molar-refractivity contribution >= 4 is 68.4 Å². The summed E-state index contributed by atoms with van der Waals surface area (Å²) >= 11 is 22.0. The van der Waals surface area contributed by atoms with Crippen LogP contribution in [0.2, 0.25) is 15.1 Å². The average Bonchev–Trinajstić information content (AvgIpc) is 2.66. The molecule has 154 valence electrons. The Labute approximate surface area is 196 Å². The van der Waals surface area contributed by atoms with E-state index in [9.17, 15) is 9.59 Å². The SMILES string of the molecule is Cc1cc(Br)ccc1Oc1c(Cl)cc(NC(=O)NC(=O)c2ccccc2Cl)cc1Cl. The largest absolute Gasteiger partial charge is 0.454 e. The topological polar surface area (TPSA) is 67.4 Å². The fourth-order valence-corrected chi connectivity index (χ4v) is 3.81. The van der Waals surface area contributed by atoms with Crippen molar-refractivity contribution < 1.29 is 14.3 Å². The zero-order valence-electron chi connectivity index (χ0n) is 15.4. The van der Waals surface area contributed by atoms with Gasteiger partial charge in [0.2, 0.25) is 0 Å². The summed E-state index contributed by atoms with van der Waals surface area (Å²) in [6, 6.07) is 14.1. The van der Waals surface area contributed by atoms with Crippen LogP contribution >= 0.6 is 50.7 Å². The van der Waals surface area contributed by atoms with E-state index in [1.54, 1.807) is 24.3 Å². The van der Waals surface area contributed by atoms with Crippen molar-refractivity contribution in [1.29, 1.82) is 0 Å². The Morgan fingerprint density at radius 1 is 0.933 bits per heavy atom. The molecule has 0 aliphatic rings. The molecule has 0 heterocycles. The Morgan fingerprint density at radius 3 is 2.23 bits per heavy atom. The predicted octanol–water partition coefficient (Wildman–Crippen LogP) is 7.47. The highest BCUT2D eigenvalue weighted by molar-refractivity contribution is 9.10. The van der Waals surface area contributed by atoms with Crippen LogP contribution in [-0.4, -0.2) is 11.9 Å². The first-order chi connectivity index (χ1) is 14.2. The molecule has 30 heavy (non-hydrogen) atoms. The number of rotatable bonds is 4. The molecular formula is C21H14BrCl3N2O3. The summed E-state index contributed by atoms with van der Waals surface area (Å²) in [5.74, 6) is 0.202. The van der Waals surface area contributed by atoms with Crippen LogP contribution < -0.4 is 15.4 Å². The summed E-state index contributed by atoms with van der Waals surface area (Å²) in [4.78, 5) is 24.4. The highest BCUT2D eigenvalue weighted by Gasteiger charge is 2.16. The molecule has 0 aromatic heterocycles. The van der Waals surface area contributed by atoms with E-state index < -0.39 is 11.9 Å². The number of hydrogen-bond donors (Lipinski definition) is 2. The van der Waals surface area contributed by atoms with E-state index in [-0.39, 0.29) is 32.1 Å². The lowest BCUT2D eigenvalue weighted by Crippen LogP contribution is -2.34. The second-order valence-electron chi connectivity index (χ2n) is 6.17. The van der Waals surface area contributed by atoms with Gasteiger partial charge in [-0.1, -0.05) is 62.9 Å². The number of benzene rings is 3. The van der Waals surface area contributed by atoms with Crippen LogP contribution in [0, 0.1) is 6.92 Å². The Kier molecular flexibility index (Phi) is 7.26. The zero-order valence-corrected chi connectivity index (χ0v) is 19.3. The third kappa shape index (κ3) is 5.46. The van der Waals surface area contributed by atoms with Gasteiger partial charge in [-0.25, -0.2) is 4.79 Å². The minimum Gasteiger partial charge on any atom is -0.454 e. The molecule has 5 nitrogen and oxygen atoms in total. The monoisotopic (exact) mass is 526 g/mol. The van der Waals surface area contributed by atoms with Crippen LogP contribution in [0.1, 0.15) is 15.9 Å². The molecule has 3 aromatic rings. The molecule has 3 amide bonds. The van der Waals surface area contributed by atoms with Gasteiger partial charge in [0.25, 0.3) is 5.91 Å². The van der Waals surface area contributed by atoms with Crippen LogP contribution in [0.4, 0.5) is 10.5 Å². The summed E-state index contributed by atoms with van der Waals surface area (Å²) in [6.45, 7) is 1.89. The van der Waals surface area contributed by atoms with Crippen molar-refractivity contribution in [3.05, 3.63) is 85.3 Å². The number of urea groups is 1. The molecule has 0 unspecified atom stereocenters. The van der Waals surface area contributed by atoms with Gasteiger partial charge >= 0.3 is 6.03 Å². The first kappa shape index (κ1) is 22.4. The number of nitrogens with one attached hydrogen (secondary N) is 2. The van der Waals surface area contributed by atoms with Crippen molar-refractivity contribution in [2.45, 2.75) is 6.92 Å². The quantitative estimate of drug-likeness (QED) is 0.369. The van der Waals surface area contributed by atoms with Gasteiger partial charge in [0, 0.05) is 10.2 Å². The third-order valence-electron chi connectivity index (χ3n) is 3.95. The fraction of sp³-hybridized carbons (Fsp3) is 0.0476. The van der Waals surface area contributed by atoms with E-state index in [2.05, 4.69) is 26.6 Å². The first-order valence-electron chi connectivity index (χ1n) is 8.54. The maximum atomic E-state index is 12.2. The fourth-order valence-electron chi connectivity index (χ4n) is 2.54. The Morgan fingerprint density at radius 2 is 1.60 bits per heavy atom. The second kappa shape index (κ2) is 9.71. The van der Waals surface area contributed by atoms with E-state index in [1.165, 1.54) is 18.2 Å². The number of carbonyl (C=O) groups excluding carboxylic acids is 2. The molecule has 0 bridgehead atoms. The van der Waals surface area contributed by atoms with E-state index in [0.29, 0.717) is 5.75 Å². The molecular weight excluding hydrogens is 515 g/mol. The van der Waals surface area contributed by atoms with E-state index >= 15 is 0 Å². The predicted molar refractivity (Wildman–Crippen MR) is 123 cm³/mol. The maximum Gasteiger partial charge on any atom is 0.326 e. The standard InChI is InChI=1S/C21H14BrCl3N2O3/c1-11-8-12(22)6-7-18(11)30-19-16(24)9-13(10-17(19)25)26-21(29)27-20(28)14-4-2-3-5-15(14)23/h2-10H,1H3,(H2,26,27,28,29). The molecule has 9 heteroatoms. The Balaban J connectivity index is 1.72. The zero-order chi connectivity index (χ0) is 21.8. The lowest BCUT2D eigenvalue weighted by atomic mass is 10.2. The van der Waals surface area contributed by atoms with Gasteiger partial charge < -0.3 is 10.1 Å². The third-order valence-corrected chi connectivity index (χ3v) is 5.34. The van der Waals surface area contributed by atoms with Gasteiger partial charge in [0.1, 0.15) is 5.75 Å². The maximum absolute atomic E-state index is 12.2. The van der Waals surface area contributed by atoms with Gasteiger partial charge in [0.15, 0.2) is 5.75 Å². The van der Waals surface area contributed by atoms with Gasteiger partial charge in [-0.15, -0.1) is 0 Å². The molecule has 0 spiro atoms. The molecule has 3 aromatic carbocycles. The molecule has 2 N–H and O–H groups in total. The number of ether oxygens (including phenoxy) is 1. The van der Waals surface area contributed by atoms with Gasteiger partial charge in [-0.3, -0.25) is 10.1 Å². The molecule has 0 atom stereocenters. The highest BCUT2D eigenvalue weighted by Crippen LogP contribution is 2.40. The molecule has 0 fully saturated rings. The highest BCUT2D eigenvalue weighted by atomic mass is 79.9. The molecule has 0 aliphatic heterocycles. The average molecular weight is 529 g/mol. The number of hydrogen-bond acceptors (Lipinski definition) is 3. The van der Waals surface area contributed by atoms with Crippen molar-refractivity contribution in [3.63, 3.8) is 0 Å². The number of aryl methyl sites for hydroxylation is 1. The van der Waals surface area contributed by atoms with Crippen molar-refractivity contribution in [1.82, 2.24) is 5.32 Å². The van der Waals surface area contributed by atoms with Gasteiger partial charge in [0.05, 0.1) is 20.6 Å². The van der Waals surface area contributed by atoms with Gasteiger partial charge in [-0.2, -0.15) is 0 Å². The number of carbonyl (C=O) groups is 2. The first-order valence-corrected chi connectivity index (χ1v) is 10.5. The van der Waals surface area contributed by atoms with Crippen LogP contribution in [0.15, 0.2) is 59.1 Å². The summed E-state index contributed by atoms with van der Waals surface area (Å²) in [6.07, 6.45) is 0. The minimum atomic E-state index is -0.760. The molecule has 0 radical (unpaired) electrons. The smallest absolute Gasteiger partial charge is 0.326 e. The van der Waals surface area contributed by atoms with Crippen LogP contribution in [0.3, 0.4) is 0 Å². The summed E-state index contributed by atoms with van der Waals surface area (Å²) in [5, 5.41) is 5.32. The minimum absolute atomic E-state index is 0.180. The number of anilines is 1. The summed E-state index contributed by atoms with van der Waals surface area (Å²) < 4.78 is 6.76. The number of amides is 3. The van der Waals surface area contributed by atoms with E-state index in [1.807, 2.05) is 19.1 Å². The van der Waals surface area contributed by atoms with Crippen molar-refractivity contribution in [3.8, 4) is 11.5 Å². The second-order valence-corrected chi connectivity index (χ2v) is 8.31. The van der Waals surface area contributed by atoms with E-state index in [4.69, 9.17) is 39.5 Å². The normalized spacial score (nSPS) is 10.4. The molecule has 3 rings (SSSR count). The number of halogens is 4. The Hall–Kier alpha value is -2.25. The lowest BCUT2D eigenvalue weighted by molar-refractivity contribution is 0.0967. The molecule has 0 saturated carbocycles. The lowest BCUT2D eigenvalue weighted by Gasteiger charge is -2.14. The van der Waals surface area contributed by atoms with Crippen LogP contribution in [0.5, 0.6) is 11.5 Å². The summed E-state index contributed by atoms with van der Waals surface area (Å²) in [7, 11) is 0. The molecule has 0 aliphatic carbocycles. The molecule has 0 saturated heterocycles. The Bertz CT molecular complexity index is 1120. The van der Waals surface area contributed by atoms with Crippen LogP contribution in [0.25, 0.3) is 0 Å². The van der Waals surface area contributed by atoms with Crippen LogP contribution in [-0.2, 0) is 0 Å². The summed E-state index contributed by atoms with van der Waals surface area (Å²) in [5.41, 5.74) is 1.35. The number of imide groups is 1. The van der Waals surface area contributed by atoms with Gasteiger partial charge in [-0.05, 0) is 55.0 Å². The van der Waals surface area contributed by atoms with E-state index in [0.717, 1.165) is 10.0 Å². The van der Waals surface area contributed by atoms with Crippen molar-refractivity contribution in [2.75, 3.05) is 5.32 Å².